The Hall–Kier alpha value is -2.90. The van der Waals surface area contributed by atoms with Crippen LogP contribution in [-0.2, 0) is 57.7 Å². The van der Waals surface area contributed by atoms with Crippen molar-refractivity contribution in [1.29, 1.82) is 0 Å². The van der Waals surface area contributed by atoms with Gasteiger partial charge in [-0.05, 0) is 23.6 Å². The summed E-state index contributed by atoms with van der Waals surface area (Å²) in [7, 11) is 0. The second kappa shape index (κ2) is 20.0. The van der Waals surface area contributed by atoms with Gasteiger partial charge < -0.3 is 68.5 Å². The molecule has 3 aromatic carbocycles. The van der Waals surface area contributed by atoms with E-state index in [0.717, 1.165) is 16.7 Å². The first-order valence-electron chi connectivity index (χ1n) is 18.8. The van der Waals surface area contributed by atoms with Crippen molar-refractivity contribution in [3.05, 3.63) is 108 Å². The zero-order chi connectivity index (χ0) is 38.9. The highest BCUT2D eigenvalue weighted by Gasteiger charge is 2.53. The Morgan fingerprint density at radius 3 is 1.53 bits per heavy atom. The number of benzene rings is 3. The van der Waals surface area contributed by atoms with E-state index in [1.54, 1.807) is 0 Å². The van der Waals surface area contributed by atoms with Gasteiger partial charge in [0.2, 0.25) is 0 Å². The summed E-state index contributed by atoms with van der Waals surface area (Å²) in [6, 6.07) is 28.8. The molecule has 14 heteroatoms. The van der Waals surface area contributed by atoms with Crippen LogP contribution in [0.3, 0.4) is 0 Å². The van der Waals surface area contributed by atoms with Crippen molar-refractivity contribution in [2.45, 2.75) is 119 Å². The van der Waals surface area contributed by atoms with Gasteiger partial charge in [0.05, 0.1) is 51.8 Å². The summed E-state index contributed by atoms with van der Waals surface area (Å²) in [5.74, 6) is -0.0776. The molecule has 7 unspecified atom stereocenters. The second-order valence-corrected chi connectivity index (χ2v) is 14.4. The Morgan fingerprint density at radius 2 is 0.982 bits per heavy atom. The van der Waals surface area contributed by atoms with Gasteiger partial charge in [-0.2, -0.15) is 0 Å². The number of ether oxygens (including phenoxy) is 8. The van der Waals surface area contributed by atoms with Crippen molar-refractivity contribution in [2.75, 3.05) is 19.8 Å². The highest BCUT2D eigenvalue weighted by molar-refractivity contribution is 5.15. The predicted molar refractivity (Wildman–Crippen MR) is 195 cm³/mol. The van der Waals surface area contributed by atoms with Gasteiger partial charge in [-0.1, -0.05) is 97.9 Å². The van der Waals surface area contributed by atoms with E-state index >= 15 is 0 Å². The minimum Gasteiger partial charge on any atom is -0.394 e. The van der Waals surface area contributed by atoms with Gasteiger partial charge in [0, 0.05) is 5.92 Å². The van der Waals surface area contributed by atoms with Gasteiger partial charge in [-0.3, -0.25) is 0 Å². The number of hydrogen-bond acceptors (Lipinski definition) is 14. The van der Waals surface area contributed by atoms with Crippen LogP contribution in [0.4, 0.5) is 0 Å². The minimum absolute atomic E-state index is 0.0721. The lowest BCUT2D eigenvalue weighted by molar-refractivity contribution is -0.366. The first-order chi connectivity index (χ1) is 26.7. The van der Waals surface area contributed by atoms with Gasteiger partial charge in [0.15, 0.2) is 12.6 Å². The van der Waals surface area contributed by atoms with Crippen molar-refractivity contribution in [1.82, 2.24) is 0 Å². The van der Waals surface area contributed by atoms with Gasteiger partial charge >= 0.3 is 0 Å². The van der Waals surface area contributed by atoms with Crippen LogP contribution in [0.25, 0.3) is 0 Å². The third-order valence-electron chi connectivity index (χ3n) is 10.6. The molecule has 3 heterocycles. The van der Waals surface area contributed by atoms with E-state index in [1.807, 2.05) is 105 Å². The molecular formula is C41H54O14. The Morgan fingerprint density at radius 1 is 0.473 bits per heavy atom. The first kappa shape index (κ1) is 41.7. The standard InChI is InChI=1S/C41H54O14/c1-24-25(2)52-31(37(49-21-27-14-8-4-9-15-27)36(24)48-20-26-12-6-3-7-13-26)23-50-39-35(47)40(51-22-28-16-10-5-11-17-28)54-30(19-43)38(39)55-41-34(46)33(45)32(44)29(18-42)53-41/h3-17,24-25,29-47H,18-23H2,1-2H3/t24-,25?,29+,30?,31+,32+,33?,34?,35?,36+,37?,38-,39-,40?,41+/m1/s1. The number of aliphatic hydroxyl groups is 6. The van der Waals surface area contributed by atoms with Gasteiger partial charge in [-0.15, -0.1) is 0 Å². The van der Waals surface area contributed by atoms with Crippen LogP contribution in [0.15, 0.2) is 91.0 Å². The molecule has 6 rings (SSSR count). The molecule has 3 aromatic rings. The highest BCUT2D eigenvalue weighted by atomic mass is 16.7. The summed E-state index contributed by atoms with van der Waals surface area (Å²) in [4.78, 5) is 0. The van der Waals surface area contributed by atoms with E-state index in [4.69, 9.17) is 37.9 Å². The fraction of sp³-hybridized carbons (Fsp3) is 0.561. The third-order valence-corrected chi connectivity index (χ3v) is 10.6. The minimum atomic E-state index is -1.76. The van der Waals surface area contributed by atoms with Crippen LogP contribution in [-0.4, -0.2) is 136 Å². The Bertz CT molecular complexity index is 1540. The fourth-order valence-corrected chi connectivity index (χ4v) is 7.20. The lowest BCUT2D eigenvalue weighted by atomic mass is 9.88. The number of aliphatic hydroxyl groups excluding tert-OH is 6. The van der Waals surface area contributed by atoms with Gasteiger partial charge in [0.1, 0.15) is 61.0 Å². The molecule has 3 saturated heterocycles. The quantitative estimate of drug-likeness (QED) is 0.123. The van der Waals surface area contributed by atoms with Crippen molar-refractivity contribution in [3.8, 4) is 0 Å². The molecular weight excluding hydrogens is 716 g/mol. The van der Waals surface area contributed by atoms with E-state index in [1.165, 1.54) is 0 Å². The maximum absolute atomic E-state index is 11.8. The summed E-state index contributed by atoms with van der Waals surface area (Å²) < 4.78 is 50.0. The molecule has 0 radical (unpaired) electrons. The molecule has 14 nitrogen and oxygen atoms in total. The number of hydrogen-bond donors (Lipinski definition) is 6. The van der Waals surface area contributed by atoms with Crippen molar-refractivity contribution in [3.63, 3.8) is 0 Å². The van der Waals surface area contributed by atoms with Crippen LogP contribution < -0.4 is 0 Å². The van der Waals surface area contributed by atoms with Crippen LogP contribution in [0, 0.1) is 5.92 Å². The molecule has 0 amide bonds. The third kappa shape index (κ3) is 10.3. The molecule has 15 atom stereocenters. The molecule has 0 spiro atoms. The van der Waals surface area contributed by atoms with E-state index in [9.17, 15) is 30.6 Å². The Labute approximate surface area is 321 Å². The maximum atomic E-state index is 11.8. The van der Waals surface area contributed by atoms with E-state index < -0.39 is 92.9 Å². The molecule has 0 aliphatic carbocycles. The second-order valence-electron chi connectivity index (χ2n) is 14.4. The summed E-state index contributed by atoms with van der Waals surface area (Å²) in [5, 5.41) is 63.8. The van der Waals surface area contributed by atoms with Crippen LogP contribution in [0.5, 0.6) is 0 Å². The Kier molecular flexibility index (Phi) is 15.2. The first-order valence-corrected chi connectivity index (χ1v) is 18.8. The monoisotopic (exact) mass is 770 g/mol. The molecule has 0 aromatic heterocycles. The average molecular weight is 771 g/mol. The molecule has 302 valence electrons. The van der Waals surface area contributed by atoms with Crippen molar-refractivity contribution < 1.29 is 68.5 Å². The molecule has 0 saturated carbocycles. The van der Waals surface area contributed by atoms with E-state index in [-0.39, 0.29) is 31.8 Å². The molecule has 3 aliphatic rings. The van der Waals surface area contributed by atoms with Crippen molar-refractivity contribution >= 4 is 0 Å². The summed E-state index contributed by atoms with van der Waals surface area (Å²) in [6.45, 7) is 3.24. The maximum Gasteiger partial charge on any atom is 0.187 e. The zero-order valence-corrected chi connectivity index (χ0v) is 31.0. The summed E-state index contributed by atoms with van der Waals surface area (Å²) >= 11 is 0. The van der Waals surface area contributed by atoms with Crippen LogP contribution in [0.1, 0.15) is 30.5 Å². The fourth-order valence-electron chi connectivity index (χ4n) is 7.20. The zero-order valence-electron chi connectivity index (χ0n) is 31.0. The molecule has 3 aliphatic heterocycles. The summed E-state index contributed by atoms with van der Waals surface area (Å²) in [5.41, 5.74) is 2.76. The van der Waals surface area contributed by atoms with E-state index in [2.05, 4.69) is 0 Å². The lowest BCUT2D eigenvalue weighted by Gasteiger charge is -2.48. The van der Waals surface area contributed by atoms with Crippen molar-refractivity contribution in [2.24, 2.45) is 5.92 Å². The van der Waals surface area contributed by atoms with Crippen LogP contribution in [0.2, 0.25) is 0 Å². The van der Waals surface area contributed by atoms with Gasteiger partial charge in [-0.25, -0.2) is 0 Å². The SMILES string of the molecule is CC1O[C@@H](CO[C@@H]2C(O)C(OCc3ccccc3)OC(CO)[C@H]2O[C@@H]2O[C@@H](CO)[C@H](O)C(O)C2O)C(OCc2ccccc2)[C@@H](OCc2ccccc2)[C@@H]1C. The normalized spacial score (nSPS) is 36.8. The Balaban J connectivity index is 1.25. The molecule has 55 heavy (non-hydrogen) atoms. The largest absolute Gasteiger partial charge is 0.394 e. The molecule has 0 bridgehead atoms. The predicted octanol–water partition coefficient (Wildman–Crippen LogP) is 1.45. The smallest absolute Gasteiger partial charge is 0.187 e. The highest BCUT2D eigenvalue weighted by Crippen LogP contribution is 2.35. The van der Waals surface area contributed by atoms with E-state index in [0.29, 0.717) is 6.61 Å². The number of rotatable bonds is 16. The van der Waals surface area contributed by atoms with Gasteiger partial charge in [0.25, 0.3) is 0 Å². The van der Waals surface area contributed by atoms with Crippen LogP contribution >= 0.6 is 0 Å². The lowest BCUT2D eigenvalue weighted by Crippen LogP contribution is -2.65. The summed E-state index contributed by atoms with van der Waals surface area (Å²) in [6.07, 6.45) is -16.6. The topological polar surface area (TPSA) is 195 Å². The molecule has 6 N–H and O–H groups in total. The average Bonchev–Trinajstić information content (AvgIpc) is 3.21. The molecule has 3 fully saturated rings.